The van der Waals surface area contributed by atoms with Crippen LogP contribution in [0.1, 0.15) is 24.7 Å². The molecule has 0 unspecified atom stereocenters. The SMILES string of the molecule is CC(=O)NCCCN(C)c1ccc(-n2nc(C)cc2C)nn1. The normalized spacial score (nSPS) is 10.5. The summed E-state index contributed by atoms with van der Waals surface area (Å²) in [5.41, 5.74) is 1.99. The van der Waals surface area contributed by atoms with Crippen molar-refractivity contribution in [2.45, 2.75) is 27.2 Å². The van der Waals surface area contributed by atoms with Crippen LogP contribution >= 0.6 is 0 Å². The number of rotatable bonds is 6. The predicted octanol–water partition coefficient (Wildman–Crippen LogP) is 1.24. The fourth-order valence-corrected chi connectivity index (χ4v) is 2.19. The summed E-state index contributed by atoms with van der Waals surface area (Å²) in [6, 6.07) is 5.84. The molecule has 0 aromatic carbocycles. The van der Waals surface area contributed by atoms with E-state index in [9.17, 15) is 4.79 Å². The molecule has 2 heterocycles. The van der Waals surface area contributed by atoms with Crippen molar-refractivity contribution in [1.29, 1.82) is 0 Å². The van der Waals surface area contributed by atoms with Crippen LogP contribution in [-0.4, -0.2) is 46.0 Å². The van der Waals surface area contributed by atoms with Crippen LogP contribution in [0.4, 0.5) is 5.82 Å². The van der Waals surface area contributed by atoms with E-state index in [4.69, 9.17) is 0 Å². The zero-order valence-corrected chi connectivity index (χ0v) is 13.5. The number of nitrogens with one attached hydrogen (secondary N) is 1. The summed E-state index contributed by atoms with van der Waals surface area (Å²) in [5.74, 6) is 1.51. The maximum absolute atomic E-state index is 10.8. The third-order valence-corrected chi connectivity index (χ3v) is 3.30. The van der Waals surface area contributed by atoms with Crippen LogP contribution in [0.25, 0.3) is 5.82 Å². The van der Waals surface area contributed by atoms with E-state index >= 15 is 0 Å². The monoisotopic (exact) mass is 302 g/mol. The molecule has 0 saturated carbocycles. The Balaban J connectivity index is 1.96. The van der Waals surface area contributed by atoms with E-state index < -0.39 is 0 Å². The standard InChI is InChI=1S/C15H22N6O/c1-11-10-12(2)21(19-11)15-7-6-14(17-18-15)20(4)9-5-8-16-13(3)22/h6-7,10H,5,8-9H2,1-4H3,(H,16,22). The zero-order valence-electron chi connectivity index (χ0n) is 13.5. The highest BCUT2D eigenvalue weighted by atomic mass is 16.1. The molecule has 2 aromatic heterocycles. The van der Waals surface area contributed by atoms with Crippen molar-refractivity contribution in [2.24, 2.45) is 0 Å². The quantitative estimate of drug-likeness (QED) is 0.813. The Morgan fingerprint density at radius 2 is 2.09 bits per heavy atom. The third kappa shape index (κ3) is 4.03. The average molecular weight is 302 g/mol. The molecule has 0 aliphatic rings. The Morgan fingerprint density at radius 3 is 2.64 bits per heavy atom. The summed E-state index contributed by atoms with van der Waals surface area (Å²) >= 11 is 0. The molecule has 0 bridgehead atoms. The highest BCUT2D eigenvalue weighted by Gasteiger charge is 2.08. The molecule has 7 heteroatoms. The molecule has 0 spiro atoms. The smallest absolute Gasteiger partial charge is 0.216 e. The summed E-state index contributed by atoms with van der Waals surface area (Å²) in [4.78, 5) is 12.8. The number of carbonyl (C=O) groups is 1. The second kappa shape index (κ2) is 7.02. The van der Waals surface area contributed by atoms with Crippen LogP contribution in [0.5, 0.6) is 0 Å². The highest BCUT2D eigenvalue weighted by Crippen LogP contribution is 2.12. The number of carbonyl (C=O) groups excluding carboxylic acids is 1. The molecule has 22 heavy (non-hydrogen) atoms. The molecule has 0 atom stereocenters. The summed E-state index contributed by atoms with van der Waals surface area (Å²) in [6.45, 7) is 6.93. The van der Waals surface area contributed by atoms with Gasteiger partial charge >= 0.3 is 0 Å². The number of anilines is 1. The molecular weight excluding hydrogens is 280 g/mol. The van der Waals surface area contributed by atoms with Crippen LogP contribution in [0.15, 0.2) is 18.2 Å². The minimum atomic E-state index is -0.00307. The van der Waals surface area contributed by atoms with Gasteiger partial charge in [0.2, 0.25) is 5.91 Å². The molecule has 118 valence electrons. The molecule has 2 rings (SSSR count). The lowest BCUT2D eigenvalue weighted by atomic mass is 10.3. The second-order valence-electron chi connectivity index (χ2n) is 5.35. The minimum absolute atomic E-state index is 0.00307. The van der Waals surface area contributed by atoms with Gasteiger partial charge in [-0.15, -0.1) is 10.2 Å². The lowest BCUT2D eigenvalue weighted by Crippen LogP contribution is -2.27. The third-order valence-electron chi connectivity index (χ3n) is 3.30. The summed E-state index contributed by atoms with van der Waals surface area (Å²) in [7, 11) is 1.96. The maximum atomic E-state index is 10.8. The lowest BCUT2D eigenvalue weighted by molar-refractivity contribution is -0.118. The van der Waals surface area contributed by atoms with Gasteiger partial charge in [0.1, 0.15) is 0 Å². The van der Waals surface area contributed by atoms with Crippen LogP contribution < -0.4 is 10.2 Å². The van der Waals surface area contributed by atoms with Gasteiger partial charge in [0.15, 0.2) is 11.6 Å². The number of amides is 1. The maximum Gasteiger partial charge on any atom is 0.216 e. The molecule has 2 aromatic rings. The molecule has 0 radical (unpaired) electrons. The van der Waals surface area contributed by atoms with Gasteiger partial charge in [0.25, 0.3) is 0 Å². The molecule has 0 fully saturated rings. The first-order valence-electron chi connectivity index (χ1n) is 7.30. The minimum Gasteiger partial charge on any atom is -0.358 e. The van der Waals surface area contributed by atoms with Crippen molar-refractivity contribution in [3.63, 3.8) is 0 Å². The summed E-state index contributed by atoms with van der Waals surface area (Å²) < 4.78 is 1.78. The van der Waals surface area contributed by atoms with Gasteiger partial charge in [-0.1, -0.05) is 0 Å². The van der Waals surface area contributed by atoms with Gasteiger partial charge < -0.3 is 10.2 Å². The number of nitrogens with zero attached hydrogens (tertiary/aromatic N) is 5. The molecular formula is C15H22N6O. The van der Waals surface area contributed by atoms with E-state index in [-0.39, 0.29) is 5.91 Å². The molecule has 0 aliphatic carbocycles. The van der Waals surface area contributed by atoms with Crippen molar-refractivity contribution in [3.05, 3.63) is 29.6 Å². The van der Waals surface area contributed by atoms with E-state index in [0.717, 1.165) is 30.2 Å². The zero-order chi connectivity index (χ0) is 16.1. The van der Waals surface area contributed by atoms with Crippen LogP contribution in [0, 0.1) is 13.8 Å². The van der Waals surface area contributed by atoms with E-state index in [0.29, 0.717) is 12.4 Å². The first-order chi connectivity index (χ1) is 10.5. The van der Waals surface area contributed by atoms with Crippen LogP contribution in [-0.2, 0) is 4.79 Å². The van der Waals surface area contributed by atoms with Crippen molar-refractivity contribution in [1.82, 2.24) is 25.3 Å². The Morgan fingerprint density at radius 1 is 1.32 bits per heavy atom. The molecule has 1 N–H and O–H groups in total. The van der Waals surface area contributed by atoms with Crippen LogP contribution in [0.2, 0.25) is 0 Å². The average Bonchev–Trinajstić information content (AvgIpc) is 2.82. The Hall–Kier alpha value is -2.44. The lowest BCUT2D eigenvalue weighted by Gasteiger charge is -2.17. The van der Waals surface area contributed by atoms with Gasteiger partial charge in [-0.25, -0.2) is 4.68 Å². The van der Waals surface area contributed by atoms with Gasteiger partial charge in [-0.05, 0) is 38.5 Å². The number of hydrogen-bond acceptors (Lipinski definition) is 5. The summed E-state index contributed by atoms with van der Waals surface area (Å²) in [5, 5.41) is 15.7. The van der Waals surface area contributed by atoms with Gasteiger partial charge in [-0.2, -0.15) is 5.10 Å². The van der Waals surface area contributed by atoms with Gasteiger partial charge in [0, 0.05) is 32.8 Å². The molecule has 7 nitrogen and oxygen atoms in total. The van der Waals surface area contributed by atoms with E-state index in [1.54, 1.807) is 4.68 Å². The molecule has 0 aliphatic heterocycles. The van der Waals surface area contributed by atoms with Crippen molar-refractivity contribution >= 4 is 11.7 Å². The van der Waals surface area contributed by atoms with E-state index in [2.05, 4.69) is 20.6 Å². The van der Waals surface area contributed by atoms with E-state index in [1.807, 2.05) is 44.0 Å². The molecule has 1 amide bonds. The highest BCUT2D eigenvalue weighted by molar-refractivity contribution is 5.72. The first kappa shape index (κ1) is 15.9. The Labute approximate surface area is 130 Å². The van der Waals surface area contributed by atoms with Gasteiger partial charge in [-0.3, -0.25) is 4.79 Å². The summed E-state index contributed by atoms with van der Waals surface area (Å²) in [6.07, 6.45) is 0.858. The fraction of sp³-hybridized carbons (Fsp3) is 0.467. The number of hydrogen-bond donors (Lipinski definition) is 1. The largest absolute Gasteiger partial charge is 0.358 e. The fourth-order valence-electron chi connectivity index (χ4n) is 2.19. The number of aromatic nitrogens is 4. The Kier molecular flexibility index (Phi) is 5.08. The number of aryl methyl sites for hydroxylation is 2. The molecule has 0 saturated heterocycles. The van der Waals surface area contributed by atoms with Crippen molar-refractivity contribution < 1.29 is 4.79 Å². The Bertz CT molecular complexity index is 634. The van der Waals surface area contributed by atoms with Crippen molar-refractivity contribution in [3.8, 4) is 5.82 Å². The second-order valence-corrected chi connectivity index (χ2v) is 5.35. The predicted molar refractivity (Wildman–Crippen MR) is 85.2 cm³/mol. The first-order valence-corrected chi connectivity index (χ1v) is 7.30. The van der Waals surface area contributed by atoms with Crippen LogP contribution in [0.3, 0.4) is 0 Å². The van der Waals surface area contributed by atoms with Crippen molar-refractivity contribution in [2.75, 3.05) is 25.0 Å². The topological polar surface area (TPSA) is 75.9 Å². The van der Waals surface area contributed by atoms with E-state index in [1.165, 1.54) is 6.92 Å². The van der Waals surface area contributed by atoms with Gasteiger partial charge in [0.05, 0.1) is 5.69 Å².